The Kier molecular flexibility index (Phi) is 3.63. The fraction of sp³-hybridized carbons (Fsp3) is 0.154. The van der Waals surface area contributed by atoms with Crippen LogP contribution in [0.1, 0.15) is 16.7 Å². The van der Waals surface area contributed by atoms with Crippen LogP contribution in [-0.4, -0.2) is 8.07 Å². The highest BCUT2D eigenvalue weighted by molar-refractivity contribution is 6.95. The van der Waals surface area contributed by atoms with Gasteiger partial charge in [-0.1, -0.05) is 92.5 Å². The molecule has 3 aromatic rings. The lowest BCUT2D eigenvalue weighted by Crippen LogP contribution is -2.25. The number of fused-ring (bicyclic) bond motifs is 5. The fourth-order valence-corrected chi connectivity index (χ4v) is 6.67. The maximum absolute atomic E-state index is 2.46. The van der Waals surface area contributed by atoms with Gasteiger partial charge in [0.2, 0.25) is 0 Å². The van der Waals surface area contributed by atoms with Crippen molar-refractivity contribution in [1.82, 2.24) is 0 Å². The van der Waals surface area contributed by atoms with E-state index in [-0.39, 0.29) is 0 Å². The molecule has 0 spiro atoms. The number of hydrogen-bond donors (Lipinski definition) is 0. The first-order chi connectivity index (χ1) is 13.0. The van der Waals surface area contributed by atoms with Gasteiger partial charge in [0, 0.05) is 0 Å². The highest BCUT2D eigenvalue weighted by Crippen LogP contribution is 2.37. The van der Waals surface area contributed by atoms with Gasteiger partial charge in [-0.2, -0.15) is 0 Å². The van der Waals surface area contributed by atoms with Gasteiger partial charge in [-0.3, -0.25) is 0 Å². The van der Waals surface area contributed by atoms with Crippen molar-refractivity contribution in [2.75, 3.05) is 0 Å². The Balaban J connectivity index is 1.86. The van der Waals surface area contributed by atoms with Crippen molar-refractivity contribution in [2.45, 2.75) is 26.1 Å². The van der Waals surface area contributed by atoms with Gasteiger partial charge in [0.05, 0.1) is 8.07 Å². The summed E-state index contributed by atoms with van der Waals surface area (Å²) < 4.78 is 0. The Morgan fingerprint density at radius 1 is 0.778 bits per heavy atom. The summed E-state index contributed by atoms with van der Waals surface area (Å²) >= 11 is 0. The van der Waals surface area contributed by atoms with Crippen LogP contribution in [-0.2, 0) is 6.42 Å². The molecule has 5 rings (SSSR count). The zero-order chi connectivity index (χ0) is 18.6. The maximum Gasteiger partial charge on any atom is 0.0792 e. The van der Waals surface area contributed by atoms with Crippen LogP contribution < -0.4 is 10.4 Å². The standard InChI is InChI=1S/C26H24Si/c1-27(2,3)26-23-16-15-21-20-12-8-7-11-19(20)13-14-22(21)25(23)17-24(26)18-9-5-4-6-10-18/h4-10,12-17H,11H2,1-3H3. The van der Waals surface area contributed by atoms with Crippen molar-refractivity contribution in [3.63, 3.8) is 0 Å². The summed E-state index contributed by atoms with van der Waals surface area (Å²) in [5.41, 5.74) is 5.65. The van der Waals surface area contributed by atoms with Crippen molar-refractivity contribution in [3.8, 4) is 0 Å². The molecule has 0 heterocycles. The molecule has 2 aliphatic rings. The lowest BCUT2D eigenvalue weighted by atomic mass is 9.96. The molecular weight excluding hydrogens is 340 g/mol. The Hall–Kier alpha value is -2.64. The Labute approximate surface area is 161 Å². The average molecular weight is 365 g/mol. The zero-order valence-electron chi connectivity index (χ0n) is 16.2. The SMILES string of the molecule is C[Si](C)(C)C1=C(c2ccccc2)C=c2c1ccc1c3c(ccc21)CC=CC=3. The van der Waals surface area contributed by atoms with Crippen LogP contribution in [0.25, 0.3) is 33.7 Å². The molecule has 0 amide bonds. The molecule has 1 heteroatoms. The molecule has 0 unspecified atom stereocenters. The van der Waals surface area contributed by atoms with Gasteiger partial charge >= 0.3 is 0 Å². The van der Waals surface area contributed by atoms with E-state index in [2.05, 4.69) is 98.5 Å². The van der Waals surface area contributed by atoms with Crippen LogP contribution in [0.3, 0.4) is 0 Å². The topological polar surface area (TPSA) is 0 Å². The summed E-state index contributed by atoms with van der Waals surface area (Å²) in [5.74, 6) is 0. The molecular formula is C26H24Si. The lowest BCUT2D eigenvalue weighted by molar-refractivity contribution is 1.24. The summed E-state index contributed by atoms with van der Waals surface area (Å²) in [7, 11) is -1.51. The van der Waals surface area contributed by atoms with E-state index in [1.807, 2.05) is 0 Å². The minimum absolute atomic E-state index is 1.04. The molecule has 132 valence electrons. The second kappa shape index (κ2) is 5.93. The third kappa shape index (κ3) is 2.57. The van der Waals surface area contributed by atoms with E-state index in [0.29, 0.717) is 0 Å². The first kappa shape index (κ1) is 16.5. The molecule has 0 nitrogen and oxygen atoms in total. The minimum atomic E-state index is -1.51. The monoisotopic (exact) mass is 364 g/mol. The maximum atomic E-state index is 2.46. The van der Waals surface area contributed by atoms with Crippen molar-refractivity contribution < 1.29 is 0 Å². The summed E-state index contributed by atoms with van der Waals surface area (Å²) in [4.78, 5) is 0. The number of benzene rings is 3. The summed E-state index contributed by atoms with van der Waals surface area (Å²) in [6.07, 6.45) is 10.2. The predicted molar refractivity (Wildman–Crippen MR) is 122 cm³/mol. The van der Waals surface area contributed by atoms with Crippen molar-refractivity contribution in [1.29, 1.82) is 0 Å². The van der Waals surface area contributed by atoms with Crippen molar-refractivity contribution >= 4 is 41.8 Å². The van der Waals surface area contributed by atoms with Crippen LogP contribution in [0.2, 0.25) is 19.6 Å². The number of allylic oxidation sites excluding steroid dienone is 3. The average Bonchev–Trinajstić information content (AvgIpc) is 3.09. The molecule has 2 aliphatic carbocycles. The van der Waals surface area contributed by atoms with Crippen molar-refractivity contribution in [3.05, 3.63) is 93.9 Å². The second-order valence-electron chi connectivity index (χ2n) is 8.61. The van der Waals surface area contributed by atoms with E-state index in [0.717, 1.165) is 6.42 Å². The lowest BCUT2D eigenvalue weighted by Gasteiger charge is -2.22. The van der Waals surface area contributed by atoms with E-state index in [1.165, 1.54) is 43.5 Å². The van der Waals surface area contributed by atoms with E-state index >= 15 is 0 Å². The minimum Gasteiger partial charge on any atom is -0.0801 e. The van der Waals surface area contributed by atoms with Crippen LogP contribution in [0.4, 0.5) is 0 Å². The Bertz CT molecular complexity index is 1250. The smallest absolute Gasteiger partial charge is 0.0792 e. The molecule has 0 aromatic heterocycles. The normalized spacial score (nSPS) is 15.4. The molecule has 0 saturated heterocycles. The molecule has 3 aromatic carbocycles. The third-order valence-corrected chi connectivity index (χ3v) is 7.81. The van der Waals surface area contributed by atoms with E-state index in [9.17, 15) is 0 Å². The van der Waals surface area contributed by atoms with Crippen LogP contribution in [0.5, 0.6) is 0 Å². The third-order valence-electron chi connectivity index (χ3n) is 5.77. The van der Waals surface area contributed by atoms with E-state index in [4.69, 9.17) is 0 Å². The van der Waals surface area contributed by atoms with Crippen molar-refractivity contribution in [2.24, 2.45) is 0 Å². The zero-order valence-corrected chi connectivity index (χ0v) is 17.2. The van der Waals surface area contributed by atoms with Gasteiger partial charge < -0.3 is 0 Å². The molecule has 0 bridgehead atoms. The van der Waals surface area contributed by atoms with Gasteiger partial charge in [-0.05, 0) is 61.2 Å². The molecule has 0 saturated carbocycles. The molecule has 27 heavy (non-hydrogen) atoms. The number of hydrogen-bond acceptors (Lipinski definition) is 0. The predicted octanol–water partition coefficient (Wildman–Crippen LogP) is 5.31. The Morgan fingerprint density at radius 2 is 1.52 bits per heavy atom. The molecule has 0 N–H and O–H groups in total. The van der Waals surface area contributed by atoms with Gasteiger partial charge in [0.1, 0.15) is 0 Å². The quantitative estimate of drug-likeness (QED) is 0.540. The van der Waals surface area contributed by atoms with Crippen LogP contribution in [0, 0.1) is 0 Å². The second-order valence-corrected chi connectivity index (χ2v) is 13.6. The van der Waals surface area contributed by atoms with Crippen LogP contribution >= 0.6 is 0 Å². The fourth-order valence-electron chi connectivity index (χ4n) is 4.62. The molecule has 0 fully saturated rings. The van der Waals surface area contributed by atoms with E-state index in [1.54, 1.807) is 5.20 Å². The first-order valence-electron chi connectivity index (χ1n) is 9.78. The molecule has 0 atom stereocenters. The largest absolute Gasteiger partial charge is 0.0801 e. The Morgan fingerprint density at radius 3 is 2.30 bits per heavy atom. The van der Waals surface area contributed by atoms with E-state index < -0.39 is 8.07 Å². The summed E-state index contributed by atoms with van der Waals surface area (Å²) in [5, 5.41) is 7.17. The number of rotatable bonds is 2. The first-order valence-corrected chi connectivity index (χ1v) is 13.3. The molecule has 0 aliphatic heterocycles. The summed E-state index contributed by atoms with van der Waals surface area (Å²) in [6.45, 7) is 7.39. The highest BCUT2D eigenvalue weighted by Gasteiger charge is 2.29. The molecule has 0 radical (unpaired) electrons. The van der Waals surface area contributed by atoms with Gasteiger partial charge in [-0.15, -0.1) is 0 Å². The highest BCUT2D eigenvalue weighted by atomic mass is 28.3. The van der Waals surface area contributed by atoms with Crippen LogP contribution in [0.15, 0.2) is 66.7 Å². The van der Waals surface area contributed by atoms with Gasteiger partial charge in [0.25, 0.3) is 0 Å². The van der Waals surface area contributed by atoms with Gasteiger partial charge in [-0.25, -0.2) is 0 Å². The summed E-state index contributed by atoms with van der Waals surface area (Å²) in [6, 6.07) is 20.3. The van der Waals surface area contributed by atoms with Gasteiger partial charge in [0.15, 0.2) is 0 Å².